The number of para-hydroxylation sites is 1. The number of benzene rings is 8. The maximum absolute atomic E-state index is 5.17. The molecule has 242 valence electrons. The predicted octanol–water partition coefficient (Wildman–Crippen LogP) is 13.4. The molecule has 10 rings (SSSR count). The summed E-state index contributed by atoms with van der Waals surface area (Å²) in [4.78, 5) is 9.83. The van der Waals surface area contributed by atoms with Crippen LogP contribution < -0.4 is 0 Å². The van der Waals surface area contributed by atoms with Crippen LogP contribution in [0.1, 0.15) is 0 Å². The Morgan fingerprint density at radius 1 is 0.269 bits per heavy atom. The van der Waals surface area contributed by atoms with Gasteiger partial charge in [-0.1, -0.05) is 146 Å². The SMILES string of the molecule is c1ccc(-c2cncc(-c3cc(-c4cccc(-c5cccc(-c6ccc7c8ccccc8c8ccccc8c7c6)c5)c4)nc4ccccc34)c2)cc1. The zero-order valence-corrected chi connectivity index (χ0v) is 28.4. The lowest BCUT2D eigenvalue weighted by molar-refractivity contribution is 1.32. The minimum atomic E-state index is 0.936. The molecule has 0 aliphatic carbocycles. The summed E-state index contributed by atoms with van der Waals surface area (Å²) in [7, 11) is 0. The molecule has 2 aromatic heterocycles. The van der Waals surface area contributed by atoms with Crippen molar-refractivity contribution in [3.05, 3.63) is 194 Å². The standard InChI is InChI=1S/C50H32N2/c1-2-12-33(13-3-1)39-28-40(32-51-31-39)47-30-50(52-49-23-9-8-22-46(47)49)38-17-11-16-36(27-38)34-14-10-15-35(26-34)37-24-25-45-43-20-5-4-18-41(43)42-19-6-7-21-44(42)48(45)29-37/h1-32H. The van der Waals surface area contributed by atoms with Crippen LogP contribution in [0.5, 0.6) is 0 Å². The molecule has 0 fully saturated rings. The van der Waals surface area contributed by atoms with E-state index < -0.39 is 0 Å². The monoisotopic (exact) mass is 660 g/mol. The Hall–Kier alpha value is -6.90. The third-order valence-corrected chi connectivity index (χ3v) is 10.3. The minimum absolute atomic E-state index is 0.936. The Labute approximate surface area is 302 Å². The summed E-state index contributed by atoms with van der Waals surface area (Å²) in [6.07, 6.45) is 3.89. The molecule has 2 heteroatoms. The molecule has 0 aliphatic rings. The molecule has 0 amide bonds. The Bertz CT molecular complexity index is 2930. The summed E-state index contributed by atoms with van der Waals surface area (Å²) >= 11 is 0. The molecule has 0 saturated heterocycles. The average Bonchev–Trinajstić information content (AvgIpc) is 3.23. The van der Waals surface area contributed by atoms with Crippen LogP contribution in [0.3, 0.4) is 0 Å². The molecule has 0 unspecified atom stereocenters. The fourth-order valence-corrected chi connectivity index (χ4v) is 7.76. The van der Waals surface area contributed by atoms with Crippen LogP contribution in [0.4, 0.5) is 0 Å². The second kappa shape index (κ2) is 12.5. The van der Waals surface area contributed by atoms with E-state index in [1.54, 1.807) is 0 Å². The normalized spacial score (nSPS) is 11.5. The van der Waals surface area contributed by atoms with E-state index in [-0.39, 0.29) is 0 Å². The van der Waals surface area contributed by atoms with Crippen molar-refractivity contribution in [2.24, 2.45) is 0 Å². The number of aromatic nitrogens is 2. The van der Waals surface area contributed by atoms with E-state index >= 15 is 0 Å². The molecule has 0 N–H and O–H groups in total. The first kappa shape index (κ1) is 30.0. The summed E-state index contributed by atoms with van der Waals surface area (Å²) in [5.41, 5.74) is 12.1. The van der Waals surface area contributed by atoms with Gasteiger partial charge in [-0.2, -0.15) is 0 Å². The molecule has 2 nitrogen and oxygen atoms in total. The van der Waals surface area contributed by atoms with E-state index in [0.29, 0.717) is 0 Å². The van der Waals surface area contributed by atoms with Crippen molar-refractivity contribution in [1.82, 2.24) is 9.97 Å². The molecular weight excluding hydrogens is 629 g/mol. The fourth-order valence-electron chi connectivity index (χ4n) is 7.76. The Kier molecular flexibility index (Phi) is 7.18. The predicted molar refractivity (Wildman–Crippen MR) is 219 cm³/mol. The van der Waals surface area contributed by atoms with Crippen molar-refractivity contribution in [2.75, 3.05) is 0 Å². The van der Waals surface area contributed by atoms with Gasteiger partial charge in [0.15, 0.2) is 0 Å². The fraction of sp³-hybridized carbons (Fsp3) is 0. The highest BCUT2D eigenvalue weighted by Gasteiger charge is 2.13. The van der Waals surface area contributed by atoms with Crippen LogP contribution >= 0.6 is 0 Å². The summed E-state index contributed by atoms with van der Waals surface area (Å²) in [5, 5.41) is 8.84. The van der Waals surface area contributed by atoms with Crippen molar-refractivity contribution in [3.63, 3.8) is 0 Å². The molecule has 52 heavy (non-hydrogen) atoms. The van der Waals surface area contributed by atoms with Crippen molar-refractivity contribution in [2.45, 2.75) is 0 Å². The van der Waals surface area contributed by atoms with E-state index in [9.17, 15) is 0 Å². The van der Waals surface area contributed by atoms with Gasteiger partial charge in [-0.25, -0.2) is 4.98 Å². The van der Waals surface area contributed by atoms with Crippen LogP contribution in [0, 0.1) is 0 Å². The number of hydrogen-bond acceptors (Lipinski definition) is 2. The molecule has 2 heterocycles. The highest BCUT2D eigenvalue weighted by molar-refractivity contribution is 6.25. The van der Waals surface area contributed by atoms with Crippen LogP contribution in [0.25, 0.3) is 99.0 Å². The number of nitrogens with zero attached hydrogens (tertiary/aromatic N) is 2. The van der Waals surface area contributed by atoms with Crippen molar-refractivity contribution in [1.29, 1.82) is 0 Å². The molecule has 0 saturated carbocycles. The van der Waals surface area contributed by atoms with Gasteiger partial charge in [-0.05, 0) is 102 Å². The first-order valence-corrected chi connectivity index (χ1v) is 17.7. The Morgan fingerprint density at radius 3 is 1.44 bits per heavy atom. The van der Waals surface area contributed by atoms with E-state index in [1.165, 1.54) is 49.0 Å². The zero-order chi connectivity index (χ0) is 34.4. The van der Waals surface area contributed by atoms with Crippen LogP contribution in [0.15, 0.2) is 194 Å². The molecule has 0 aliphatic heterocycles. The quantitative estimate of drug-likeness (QED) is 0.172. The van der Waals surface area contributed by atoms with Gasteiger partial charge >= 0.3 is 0 Å². The zero-order valence-electron chi connectivity index (χ0n) is 28.4. The smallest absolute Gasteiger partial charge is 0.0716 e. The van der Waals surface area contributed by atoms with Gasteiger partial charge in [-0.15, -0.1) is 0 Å². The summed E-state index contributed by atoms with van der Waals surface area (Å²) in [6.45, 7) is 0. The van der Waals surface area contributed by atoms with E-state index in [0.717, 1.165) is 50.0 Å². The Balaban J connectivity index is 1.06. The largest absolute Gasteiger partial charge is 0.263 e. The van der Waals surface area contributed by atoms with Gasteiger partial charge in [0.25, 0.3) is 0 Å². The van der Waals surface area contributed by atoms with E-state index in [4.69, 9.17) is 4.98 Å². The lowest BCUT2D eigenvalue weighted by Crippen LogP contribution is -1.91. The molecule has 0 atom stereocenters. The third-order valence-electron chi connectivity index (χ3n) is 10.3. The average molecular weight is 661 g/mol. The van der Waals surface area contributed by atoms with Crippen molar-refractivity contribution in [3.8, 4) is 55.8 Å². The number of rotatable bonds is 5. The van der Waals surface area contributed by atoms with Gasteiger partial charge in [0.1, 0.15) is 0 Å². The maximum Gasteiger partial charge on any atom is 0.0716 e. The molecule has 8 aromatic carbocycles. The first-order chi connectivity index (χ1) is 25.8. The number of fused-ring (bicyclic) bond motifs is 7. The Morgan fingerprint density at radius 2 is 0.750 bits per heavy atom. The topological polar surface area (TPSA) is 25.8 Å². The summed E-state index contributed by atoms with van der Waals surface area (Å²) in [6, 6.07) is 65.3. The van der Waals surface area contributed by atoms with E-state index in [2.05, 4.69) is 181 Å². The lowest BCUT2D eigenvalue weighted by atomic mass is 9.91. The summed E-state index contributed by atoms with van der Waals surface area (Å²) in [5.74, 6) is 0. The van der Waals surface area contributed by atoms with Crippen LogP contribution in [-0.2, 0) is 0 Å². The van der Waals surface area contributed by atoms with Crippen LogP contribution in [-0.4, -0.2) is 9.97 Å². The van der Waals surface area contributed by atoms with Gasteiger partial charge in [0, 0.05) is 34.5 Å². The minimum Gasteiger partial charge on any atom is -0.263 e. The molecule has 0 spiro atoms. The molecule has 0 radical (unpaired) electrons. The highest BCUT2D eigenvalue weighted by Crippen LogP contribution is 2.39. The van der Waals surface area contributed by atoms with Gasteiger partial charge in [-0.3, -0.25) is 4.98 Å². The second-order valence-electron chi connectivity index (χ2n) is 13.4. The summed E-state index contributed by atoms with van der Waals surface area (Å²) < 4.78 is 0. The van der Waals surface area contributed by atoms with Crippen molar-refractivity contribution >= 4 is 43.2 Å². The van der Waals surface area contributed by atoms with Crippen LogP contribution in [0.2, 0.25) is 0 Å². The highest BCUT2D eigenvalue weighted by atomic mass is 14.7. The molecule has 0 bridgehead atoms. The molecular formula is C50H32N2. The van der Waals surface area contributed by atoms with Gasteiger partial charge in [0.2, 0.25) is 0 Å². The van der Waals surface area contributed by atoms with Crippen molar-refractivity contribution < 1.29 is 0 Å². The van der Waals surface area contributed by atoms with Gasteiger partial charge in [0.05, 0.1) is 11.2 Å². The number of pyridine rings is 2. The maximum atomic E-state index is 5.17. The molecule has 10 aromatic rings. The third kappa shape index (κ3) is 5.21. The second-order valence-corrected chi connectivity index (χ2v) is 13.4. The number of hydrogen-bond donors (Lipinski definition) is 0. The first-order valence-electron chi connectivity index (χ1n) is 17.7. The van der Waals surface area contributed by atoms with E-state index in [1.807, 2.05) is 18.5 Å². The lowest BCUT2D eigenvalue weighted by Gasteiger charge is -2.13. The van der Waals surface area contributed by atoms with Gasteiger partial charge < -0.3 is 0 Å².